The lowest BCUT2D eigenvalue weighted by atomic mass is 10.1. The molecule has 0 radical (unpaired) electrons. The van der Waals surface area contributed by atoms with E-state index < -0.39 is 6.10 Å². The Bertz CT molecular complexity index is 893. The van der Waals surface area contributed by atoms with Crippen molar-refractivity contribution in [3.63, 3.8) is 0 Å². The van der Waals surface area contributed by atoms with Crippen molar-refractivity contribution in [3.05, 3.63) is 59.4 Å². The fourth-order valence-electron chi connectivity index (χ4n) is 3.43. The summed E-state index contributed by atoms with van der Waals surface area (Å²) in [5.41, 5.74) is 3.04. The Morgan fingerprint density at radius 3 is 2.40 bits per heavy atom. The number of anilines is 1. The van der Waals surface area contributed by atoms with Gasteiger partial charge in [0.2, 0.25) is 5.91 Å². The van der Waals surface area contributed by atoms with E-state index in [-0.39, 0.29) is 24.2 Å². The van der Waals surface area contributed by atoms with Crippen molar-refractivity contribution < 1.29 is 18.7 Å². The number of rotatable bonds is 6. The summed E-state index contributed by atoms with van der Waals surface area (Å²) in [5, 5.41) is 2.97. The Labute approximate surface area is 176 Å². The van der Waals surface area contributed by atoms with Gasteiger partial charge in [-0.1, -0.05) is 12.1 Å². The molecule has 6 nitrogen and oxygen atoms in total. The number of nitrogens with zero attached hydrogens (tertiary/aromatic N) is 2. The van der Waals surface area contributed by atoms with Crippen LogP contribution < -0.4 is 10.1 Å². The van der Waals surface area contributed by atoms with Crippen LogP contribution in [0, 0.1) is 19.7 Å². The van der Waals surface area contributed by atoms with E-state index in [1.807, 2.05) is 36.9 Å². The van der Waals surface area contributed by atoms with E-state index in [9.17, 15) is 14.0 Å². The summed E-state index contributed by atoms with van der Waals surface area (Å²) in [5.74, 6) is -0.0617. The molecular formula is C23H28FN3O3. The maximum Gasteiger partial charge on any atom is 0.263 e. The lowest BCUT2D eigenvalue weighted by Crippen LogP contribution is -2.53. The monoisotopic (exact) mass is 413 g/mol. The van der Waals surface area contributed by atoms with Crippen LogP contribution in [0.1, 0.15) is 18.1 Å². The van der Waals surface area contributed by atoms with Crippen LogP contribution in [-0.4, -0.2) is 60.4 Å². The zero-order valence-electron chi connectivity index (χ0n) is 17.7. The van der Waals surface area contributed by atoms with E-state index in [4.69, 9.17) is 4.74 Å². The number of halogens is 1. The second-order valence-electron chi connectivity index (χ2n) is 7.61. The first-order valence-corrected chi connectivity index (χ1v) is 10.1. The molecule has 1 atom stereocenters. The molecule has 2 amide bonds. The molecule has 2 aromatic rings. The average molecular weight is 413 g/mol. The van der Waals surface area contributed by atoms with Gasteiger partial charge in [0.1, 0.15) is 11.6 Å². The molecule has 1 heterocycles. The third-order valence-corrected chi connectivity index (χ3v) is 5.40. The molecule has 0 unspecified atom stereocenters. The van der Waals surface area contributed by atoms with Crippen LogP contribution in [0.25, 0.3) is 0 Å². The van der Waals surface area contributed by atoms with Gasteiger partial charge in [0.05, 0.1) is 6.54 Å². The maximum absolute atomic E-state index is 13.0. The number of carbonyl (C=O) groups is 2. The SMILES string of the molecule is Cc1cccc(NC(=O)CN2CCN(C(=O)[C@H](C)Oc3ccc(F)cc3)CC2)c1C. The maximum atomic E-state index is 13.0. The van der Waals surface area contributed by atoms with Crippen LogP contribution in [0.4, 0.5) is 10.1 Å². The van der Waals surface area contributed by atoms with Crippen molar-refractivity contribution in [3.8, 4) is 5.75 Å². The minimum absolute atomic E-state index is 0.0588. The van der Waals surface area contributed by atoms with Crippen LogP contribution in [0.5, 0.6) is 5.75 Å². The second kappa shape index (κ2) is 9.71. The summed E-state index contributed by atoms with van der Waals surface area (Å²) in [6.07, 6.45) is -0.658. The molecule has 0 saturated carbocycles. The van der Waals surface area contributed by atoms with Crippen LogP contribution in [0.2, 0.25) is 0 Å². The molecule has 0 aliphatic carbocycles. The van der Waals surface area contributed by atoms with E-state index in [1.54, 1.807) is 11.8 Å². The quantitative estimate of drug-likeness (QED) is 0.791. The van der Waals surface area contributed by atoms with E-state index in [2.05, 4.69) is 5.32 Å². The Morgan fingerprint density at radius 1 is 1.07 bits per heavy atom. The lowest BCUT2D eigenvalue weighted by molar-refractivity contribution is -0.139. The number of ether oxygens (including phenoxy) is 1. The van der Waals surface area contributed by atoms with Crippen molar-refractivity contribution in [1.29, 1.82) is 0 Å². The van der Waals surface area contributed by atoms with E-state index in [1.165, 1.54) is 24.3 Å². The topological polar surface area (TPSA) is 61.9 Å². The highest BCUT2D eigenvalue weighted by atomic mass is 19.1. The lowest BCUT2D eigenvalue weighted by Gasteiger charge is -2.35. The van der Waals surface area contributed by atoms with E-state index >= 15 is 0 Å². The number of amides is 2. The third-order valence-electron chi connectivity index (χ3n) is 5.40. The standard InChI is InChI=1S/C23H28FN3O3/c1-16-5-4-6-21(17(16)2)25-22(28)15-26-11-13-27(14-12-26)23(29)18(3)30-20-9-7-19(24)8-10-20/h4-10,18H,11-15H2,1-3H3,(H,25,28)/t18-/m0/s1. The van der Waals surface area contributed by atoms with Gasteiger partial charge < -0.3 is 15.0 Å². The van der Waals surface area contributed by atoms with Crippen molar-refractivity contribution >= 4 is 17.5 Å². The molecule has 0 spiro atoms. The Balaban J connectivity index is 1.45. The highest BCUT2D eigenvalue weighted by molar-refractivity contribution is 5.93. The van der Waals surface area contributed by atoms with Gasteiger partial charge in [-0.3, -0.25) is 14.5 Å². The number of nitrogens with one attached hydrogen (secondary N) is 1. The minimum atomic E-state index is -0.658. The highest BCUT2D eigenvalue weighted by Crippen LogP contribution is 2.18. The first-order chi connectivity index (χ1) is 14.3. The first kappa shape index (κ1) is 21.8. The summed E-state index contributed by atoms with van der Waals surface area (Å²) in [4.78, 5) is 28.8. The summed E-state index contributed by atoms with van der Waals surface area (Å²) >= 11 is 0. The molecule has 1 fully saturated rings. The Morgan fingerprint density at radius 2 is 1.73 bits per heavy atom. The Hall–Kier alpha value is -2.93. The molecule has 0 aromatic heterocycles. The molecule has 160 valence electrons. The van der Waals surface area contributed by atoms with Gasteiger partial charge in [-0.05, 0) is 62.2 Å². The third kappa shape index (κ3) is 5.57. The van der Waals surface area contributed by atoms with Crippen molar-refractivity contribution in [2.45, 2.75) is 26.9 Å². The van der Waals surface area contributed by atoms with Crippen LogP contribution >= 0.6 is 0 Å². The summed E-state index contributed by atoms with van der Waals surface area (Å²) in [7, 11) is 0. The fourth-order valence-corrected chi connectivity index (χ4v) is 3.43. The van der Waals surface area contributed by atoms with Crippen molar-refractivity contribution in [1.82, 2.24) is 9.80 Å². The number of benzene rings is 2. The van der Waals surface area contributed by atoms with Gasteiger partial charge in [-0.25, -0.2) is 4.39 Å². The largest absolute Gasteiger partial charge is 0.481 e. The van der Waals surface area contributed by atoms with E-state index in [0.717, 1.165) is 16.8 Å². The number of hydrogen-bond donors (Lipinski definition) is 1. The van der Waals surface area contributed by atoms with Gasteiger partial charge in [0.25, 0.3) is 5.91 Å². The normalized spacial score (nSPS) is 15.5. The first-order valence-electron chi connectivity index (χ1n) is 10.1. The molecule has 30 heavy (non-hydrogen) atoms. The molecule has 1 N–H and O–H groups in total. The molecule has 0 bridgehead atoms. The van der Waals surface area contributed by atoms with Gasteiger partial charge in [-0.15, -0.1) is 0 Å². The molecule has 1 saturated heterocycles. The highest BCUT2D eigenvalue weighted by Gasteiger charge is 2.26. The number of carbonyl (C=O) groups excluding carboxylic acids is 2. The summed E-state index contributed by atoms with van der Waals surface area (Å²) < 4.78 is 18.6. The second-order valence-corrected chi connectivity index (χ2v) is 7.61. The van der Waals surface area contributed by atoms with Gasteiger partial charge in [0, 0.05) is 31.9 Å². The number of piperazine rings is 1. The number of hydrogen-bond acceptors (Lipinski definition) is 4. The van der Waals surface area contributed by atoms with E-state index in [0.29, 0.717) is 31.9 Å². The van der Waals surface area contributed by atoms with Gasteiger partial charge in [0.15, 0.2) is 6.10 Å². The molecule has 7 heteroatoms. The van der Waals surface area contributed by atoms with Crippen LogP contribution in [0.15, 0.2) is 42.5 Å². The zero-order chi connectivity index (χ0) is 21.7. The fraction of sp³-hybridized carbons (Fsp3) is 0.391. The molecule has 1 aliphatic rings. The predicted molar refractivity (Wildman–Crippen MR) is 114 cm³/mol. The summed E-state index contributed by atoms with van der Waals surface area (Å²) in [6.45, 7) is 8.29. The average Bonchev–Trinajstić information content (AvgIpc) is 2.73. The van der Waals surface area contributed by atoms with Crippen molar-refractivity contribution in [2.75, 3.05) is 38.0 Å². The molecular weight excluding hydrogens is 385 g/mol. The zero-order valence-corrected chi connectivity index (χ0v) is 17.7. The molecule has 2 aromatic carbocycles. The van der Waals surface area contributed by atoms with Gasteiger partial charge >= 0.3 is 0 Å². The van der Waals surface area contributed by atoms with Crippen LogP contribution in [0.3, 0.4) is 0 Å². The van der Waals surface area contributed by atoms with Gasteiger partial charge in [-0.2, -0.15) is 0 Å². The molecule has 3 rings (SSSR count). The van der Waals surface area contributed by atoms with Crippen LogP contribution in [-0.2, 0) is 9.59 Å². The smallest absolute Gasteiger partial charge is 0.263 e. The molecule has 1 aliphatic heterocycles. The number of aryl methyl sites for hydroxylation is 1. The summed E-state index contributed by atoms with van der Waals surface area (Å²) in [6, 6.07) is 11.5. The minimum Gasteiger partial charge on any atom is -0.481 e. The predicted octanol–water partition coefficient (Wildman–Crippen LogP) is 2.99. The Kier molecular flexibility index (Phi) is 7.05. The van der Waals surface area contributed by atoms with Crippen molar-refractivity contribution in [2.24, 2.45) is 0 Å².